The van der Waals surface area contributed by atoms with Gasteiger partial charge in [0.2, 0.25) is 0 Å². The summed E-state index contributed by atoms with van der Waals surface area (Å²) >= 11 is 0. The minimum Gasteiger partial charge on any atom is -0.507 e. The maximum absolute atomic E-state index is 13.1. The van der Waals surface area contributed by atoms with Crippen LogP contribution >= 0.6 is 24.8 Å². The van der Waals surface area contributed by atoms with Gasteiger partial charge < -0.3 is 10.2 Å². The van der Waals surface area contributed by atoms with Gasteiger partial charge in [-0.2, -0.15) is 0 Å². The van der Waals surface area contributed by atoms with E-state index in [1.165, 1.54) is 0 Å². The lowest BCUT2D eigenvalue weighted by atomic mass is 9.83. The molecule has 0 bridgehead atoms. The van der Waals surface area contributed by atoms with Crippen LogP contribution in [0.3, 0.4) is 0 Å². The zero-order valence-corrected chi connectivity index (χ0v) is 20.1. The van der Waals surface area contributed by atoms with E-state index in [-0.39, 0.29) is 42.6 Å². The SMILES string of the molecule is CC(C)(C)c1cc(C(=O)c2ccccc2)cc(CN2CCN(CCO)CC2)c1O.Cl.Cl. The van der Waals surface area contributed by atoms with Gasteiger partial charge in [0.05, 0.1) is 6.61 Å². The molecule has 1 fully saturated rings. The number of phenolic OH excluding ortho intramolecular Hbond substituents is 1. The Morgan fingerprint density at radius 3 is 2.06 bits per heavy atom. The molecule has 5 nitrogen and oxygen atoms in total. The number of halogens is 2. The van der Waals surface area contributed by atoms with Crippen molar-refractivity contribution < 1.29 is 15.0 Å². The first-order valence-electron chi connectivity index (χ1n) is 10.3. The third-order valence-electron chi connectivity index (χ3n) is 5.57. The molecule has 0 spiro atoms. The van der Waals surface area contributed by atoms with Crippen LogP contribution in [0, 0.1) is 0 Å². The maximum atomic E-state index is 13.1. The van der Waals surface area contributed by atoms with Gasteiger partial charge in [0.1, 0.15) is 5.75 Å². The third-order valence-corrected chi connectivity index (χ3v) is 5.57. The minimum atomic E-state index is -0.272. The number of ketones is 1. The lowest BCUT2D eigenvalue weighted by Gasteiger charge is -2.34. The average molecular weight is 469 g/mol. The van der Waals surface area contributed by atoms with Crippen molar-refractivity contribution in [1.82, 2.24) is 9.80 Å². The molecule has 1 heterocycles. The maximum Gasteiger partial charge on any atom is 0.193 e. The van der Waals surface area contributed by atoms with E-state index in [4.69, 9.17) is 5.11 Å². The van der Waals surface area contributed by atoms with Crippen LogP contribution in [0.15, 0.2) is 42.5 Å². The van der Waals surface area contributed by atoms with Crippen molar-refractivity contribution in [2.24, 2.45) is 0 Å². The van der Waals surface area contributed by atoms with E-state index in [1.807, 2.05) is 42.5 Å². The van der Waals surface area contributed by atoms with Gasteiger partial charge in [0.25, 0.3) is 0 Å². The van der Waals surface area contributed by atoms with Gasteiger partial charge in [-0.3, -0.25) is 14.6 Å². The molecule has 0 radical (unpaired) electrons. The van der Waals surface area contributed by atoms with E-state index in [9.17, 15) is 9.90 Å². The Morgan fingerprint density at radius 1 is 0.935 bits per heavy atom. The highest BCUT2D eigenvalue weighted by Gasteiger charge is 2.25. The number of hydrogen-bond donors (Lipinski definition) is 2. The Balaban J connectivity index is 0.00000240. The summed E-state index contributed by atoms with van der Waals surface area (Å²) in [4.78, 5) is 17.6. The summed E-state index contributed by atoms with van der Waals surface area (Å²) in [7, 11) is 0. The van der Waals surface area contributed by atoms with E-state index in [1.54, 1.807) is 0 Å². The fourth-order valence-corrected chi connectivity index (χ4v) is 3.83. The normalized spacial score (nSPS) is 15.1. The highest BCUT2D eigenvalue weighted by molar-refractivity contribution is 6.09. The van der Waals surface area contributed by atoms with E-state index in [2.05, 4.69) is 30.6 Å². The Kier molecular flexibility index (Phi) is 10.5. The Hall–Kier alpha value is -1.63. The summed E-state index contributed by atoms with van der Waals surface area (Å²) in [5.74, 6) is 0.269. The molecule has 1 aliphatic heterocycles. The largest absolute Gasteiger partial charge is 0.507 e. The number of aromatic hydroxyl groups is 1. The molecule has 1 saturated heterocycles. The van der Waals surface area contributed by atoms with Crippen LogP contribution < -0.4 is 0 Å². The van der Waals surface area contributed by atoms with Crippen LogP contribution in [0.2, 0.25) is 0 Å². The number of nitrogens with zero attached hydrogens (tertiary/aromatic N) is 2. The molecular weight excluding hydrogens is 435 g/mol. The van der Waals surface area contributed by atoms with E-state index < -0.39 is 0 Å². The van der Waals surface area contributed by atoms with Gasteiger partial charge in [0, 0.05) is 61.5 Å². The van der Waals surface area contributed by atoms with Crippen LogP contribution in [0.1, 0.15) is 47.8 Å². The Labute approximate surface area is 197 Å². The molecular formula is C24H34Cl2N2O3. The Morgan fingerprint density at radius 2 is 1.52 bits per heavy atom. The van der Waals surface area contributed by atoms with Gasteiger partial charge in [-0.1, -0.05) is 51.1 Å². The van der Waals surface area contributed by atoms with Crippen LogP contribution in [-0.2, 0) is 12.0 Å². The summed E-state index contributed by atoms with van der Waals surface area (Å²) in [5.41, 5.74) is 2.60. The summed E-state index contributed by atoms with van der Waals surface area (Å²) in [5, 5.41) is 20.1. The van der Waals surface area contributed by atoms with E-state index in [0.29, 0.717) is 30.0 Å². The predicted octanol–water partition coefficient (Wildman–Crippen LogP) is 3.87. The van der Waals surface area contributed by atoms with E-state index >= 15 is 0 Å². The molecule has 2 aromatic rings. The minimum absolute atomic E-state index is 0. The van der Waals surface area contributed by atoms with Crippen molar-refractivity contribution in [3.8, 4) is 5.75 Å². The zero-order chi connectivity index (χ0) is 21.0. The first-order valence-corrected chi connectivity index (χ1v) is 10.3. The van der Waals surface area contributed by atoms with Crippen molar-refractivity contribution in [2.75, 3.05) is 39.3 Å². The average Bonchev–Trinajstić information content (AvgIpc) is 2.70. The third kappa shape index (κ3) is 6.93. The second-order valence-electron chi connectivity index (χ2n) is 8.82. The van der Waals surface area contributed by atoms with Crippen LogP contribution in [0.4, 0.5) is 0 Å². The number of carbonyl (C=O) groups is 1. The lowest BCUT2D eigenvalue weighted by Crippen LogP contribution is -2.46. The molecule has 7 heteroatoms. The number of benzene rings is 2. The molecule has 2 N–H and O–H groups in total. The topological polar surface area (TPSA) is 64.0 Å². The molecule has 31 heavy (non-hydrogen) atoms. The number of β-amino-alcohol motifs (C(OH)–C–C–N with tert-alkyl or cyclic N) is 1. The highest BCUT2D eigenvalue weighted by Crippen LogP contribution is 2.35. The highest BCUT2D eigenvalue weighted by atomic mass is 35.5. The van der Waals surface area contributed by atoms with Crippen molar-refractivity contribution in [2.45, 2.75) is 32.7 Å². The fourth-order valence-electron chi connectivity index (χ4n) is 3.83. The number of hydrogen-bond acceptors (Lipinski definition) is 5. The van der Waals surface area contributed by atoms with Crippen LogP contribution in [-0.4, -0.2) is 65.1 Å². The van der Waals surface area contributed by atoms with E-state index in [0.717, 1.165) is 37.3 Å². The Bertz CT molecular complexity index is 846. The van der Waals surface area contributed by atoms with Gasteiger partial charge in [-0.15, -0.1) is 24.8 Å². The number of piperazine rings is 1. The second-order valence-corrected chi connectivity index (χ2v) is 8.82. The molecule has 0 atom stereocenters. The predicted molar refractivity (Wildman–Crippen MR) is 130 cm³/mol. The smallest absolute Gasteiger partial charge is 0.193 e. The molecule has 2 aromatic carbocycles. The number of aliphatic hydroxyl groups excluding tert-OH is 1. The first kappa shape index (κ1) is 27.4. The second kappa shape index (κ2) is 11.8. The number of aliphatic hydroxyl groups is 1. The number of carbonyl (C=O) groups excluding carboxylic acids is 1. The quantitative estimate of drug-likeness (QED) is 0.629. The van der Waals surface area contributed by atoms with Gasteiger partial charge in [0.15, 0.2) is 5.78 Å². The molecule has 0 amide bonds. The lowest BCUT2D eigenvalue weighted by molar-refractivity contribution is 0.103. The summed E-state index contributed by atoms with van der Waals surface area (Å²) in [6.07, 6.45) is 0. The summed E-state index contributed by atoms with van der Waals surface area (Å²) < 4.78 is 0. The molecule has 3 rings (SSSR count). The number of rotatable bonds is 6. The summed E-state index contributed by atoms with van der Waals surface area (Å²) in [6.45, 7) is 11.2. The van der Waals surface area contributed by atoms with Crippen LogP contribution in [0.5, 0.6) is 5.75 Å². The van der Waals surface area contributed by atoms with Gasteiger partial charge in [-0.05, 0) is 17.5 Å². The molecule has 0 aliphatic carbocycles. The van der Waals surface area contributed by atoms with Gasteiger partial charge in [-0.25, -0.2) is 0 Å². The van der Waals surface area contributed by atoms with Gasteiger partial charge >= 0.3 is 0 Å². The molecule has 0 unspecified atom stereocenters. The number of phenols is 1. The molecule has 172 valence electrons. The first-order chi connectivity index (χ1) is 13.8. The fraction of sp³-hybridized carbons (Fsp3) is 0.458. The monoisotopic (exact) mass is 468 g/mol. The van der Waals surface area contributed by atoms with Crippen molar-refractivity contribution in [3.63, 3.8) is 0 Å². The van der Waals surface area contributed by atoms with Crippen LogP contribution in [0.25, 0.3) is 0 Å². The van der Waals surface area contributed by atoms with Crippen molar-refractivity contribution in [1.29, 1.82) is 0 Å². The zero-order valence-electron chi connectivity index (χ0n) is 18.5. The standard InChI is InChI=1S/C24H32N2O3.2ClH/c1-24(2,3)21-16-19(22(28)18-7-5-4-6-8-18)15-20(23(21)29)17-26-11-9-25(10-12-26)13-14-27;;/h4-8,15-16,27,29H,9-14,17H2,1-3H3;2*1H. The molecule has 1 aliphatic rings. The van der Waals surface area contributed by atoms with Crippen molar-refractivity contribution in [3.05, 3.63) is 64.7 Å². The molecule has 0 aromatic heterocycles. The van der Waals surface area contributed by atoms with Crippen molar-refractivity contribution >= 4 is 30.6 Å². The molecule has 0 saturated carbocycles. The summed E-state index contributed by atoms with van der Waals surface area (Å²) in [6, 6.07) is 13.0.